The van der Waals surface area contributed by atoms with E-state index in [-0.39, 0.29) is 16.7 Å². The van der Waals surface area contributed by atoms with E-state index in [2.05, 4.69) is 39.5 Å². The summed E-state index contributed by atoms with van der Waals surface area (Å²) in [5.74, 6) is 3.41. The van der Waals surface area contributed by atoms with Crippen molar-refractivity contribution in [2.24, 2.45) is 40.4 Å². The first-order chi connectivity index (χ1) is 18.1. The molecule has 0 heterocycles. The van der Waals surface area contributed by atoms with Crippen molar-refractivity contribution in [2.75, 3.05) is 13.1 Å². The van der Waals surface area contributed by atoms with Crippen molar-refractivity contribution in [3.05, 3.63) is 0 Å². The molecule has 4 aliphatic rings. The number of Topliss-reactive ketones (excluding diaryl/α,β-unsaturated/α-hetero) is 1. The van der Waals surface area contributed by atoms with Gasteiger partial charge in [-0.15, -0.1) is 0 Å². The summed E-state index contributed by atoms with van der Waals surface area (Å²) in [4.78, 5) is 28.6. The van der Waals surface area contributed by atoms with Crippen LogP contribution in [0.5, 0.6) is 0 Å². The number of hydrogen-bond acceptors (Lipinski definition) is 3. The lowest BCUT2D eigenvalue weighted by molar-refractivity contribution is -0.162. The zero-order valence-electron chi connectivity index (χ0n) is 25.5. The minimum Gasteiger partial charge on any atom is -0.388 e. The van der Waals surface area contributed by atoms with Crippen LogP contribution >= 0.6 is 0 Å². The molecule has 0 saturated heterocycles. The normalized spacial score (nSPS) is 39.3. The van der Waals surface area contributed by atoms with Crippen molar-refractivity contribution >= 4 is 11.7 Å². The van der Waals surface area contributed by atoms with Gasteiger partial charge < -0.3 is 10.0 Å². The van der Waals surface area contributed by atoms with Crippen LogP contribution in [-0.2, 0) is 9.59 Å². The maximum atomic E-state index is 13.7. The lowest BCUT2D eigenvalue weighted by Crippen LogP contribution is -2.58. The van der Waals surface area contributed by atoms with Gasteiger partial charge in [-0.25, -0.2) is 0 Å². The Bertz CT molecular complexity index is 827. The summed E-state index contributed by atoms with van der Waals surface area (Å²) >= 11 is 0. The second-order valence-corrected chi connectivity index (χ2v) is 14.6. The maximum absolute atomic E-state index is 13.7. The molecule has 0 aromatic carbocycles. The number of rotatable bonds is 12. The van der Waals surface area contributed by atoms with Crippen molar-refractivity contribution in [1.29, 1.82) is 0 Å². The van der Waals surface area contributed by atoms with Crippen LogP contribution in [0.3, 0.4) is 0 Å². The SMILES string of the molecule is CCCCCCN(C[C@@]1(O)CC[C@@]2(C)[C@@H](CC[C@@H]3[C@@H]2CC[C@]2(C)C(=O)CC[C@@H]32)C1)C(=O)C(CC)CCCC. The summed E-state index contributed by atoms with van der Waals surface area (Å²) in [6.45, 7) is 12.7. The Morgan fingerprint density at radius 2 is 1.71 bits per heavy atom. The molecular weight excluding hydrogens is 470 g/mol. The lowest BCUT2D eigenvalue weighted by Gasteiger charge is -2.61. The Kier molecular flexibility index (Phi) is 9.74. The Morgan fingerprint density at radius 1 is 0.947 bits per heavy atom. The van der Waals surface area contributed by atoms with E-state index in [0.717, 1.165) is 83.6 Å². The highest BCUT2D eigenvalue weighted by Gasteiger charge is 2.61. The van der Waals surface area contributed by atoms with Crippen molar-refractivity contribution in [3.8, 4) is 0 Å². The zero-order valence-corrected chi connectivity index (χ0v) is 25.5. The van der Waals surface area contributed by atoms with Crippen LogP contribution in [0.15, 0.2) is 0 Å². The van der Waals surface area contributed by atoms with Crippen LogP contribution in [0, 0.1) is 40.4 Å². The molecule has 38 heavy (non-hydrogen) atoms. The highest BCUT2D eigenvalue weighted by molar-refractivity contribution is 5.87. The van der Waals surface area contributed by atoms with Gasteiger partial charge in [0, 0.05) is 30.8 Å². The molecule has 1 amide bonds. The van der Waals surface area contributed by atoms with Gasteiger partial charge >= 0.3 is 0 Å². The van der Waals surface area contributed by atoms with Crippen molar-refractivity contribution in [3.63, 3.8) is 0 Å². The van der Waals surface area contributed by atoms with E-state index in [1.165, 1.54) is 32.1 Å². The molecule has 0 bridgehead atoms. The topological polar surface area (TPSA) is 57.6 Å². The first-order valence-electron chi connectivity index (χ1n) is 16.7. The van der Waals surface area contributed by atoms with E-state index in [0.29, 0.717) is 41.9 Å². The molecule has 0 spiro atoms. The summed E-state index contributed by atoms with van der Waals surface area (Å²) in [6, 6.07) is 0. The third kappa shape index (κ3) is 5.77. The summed E-state index contributed by atoms with van der Waals surface area (Å²) in [5.41, 5.74) is -0.551. The fourth-order valence-corrected chi connectivity index (χ4v) is 9.80. The van der Waals surface area contributed by atoms with Gasteiger partial charge in [-0.1, -0.05) is 66.7 Å². The fourth-order valence-electron chi connectivity index (χ4n) is 9.80. The second-order valence-electron chi connectivity index (χ2n) is 14.6. The predicted octanol–water partition coefficient (Wildman–Crippen LogP) is 7.95. The number of carbonyl (C=O) groups is 2. The molecule has 4 rings (SSSR count). The van der Waals surface area contributed by atoms with E-state index in [9.17, 15) is 14.7 Å². The highest BCUT2D eigenvalue weighted by atomic mass is 16.3. The monoisotopic (exact) mass is 529 g/mol. The highest BCUT2D eigenvalue weighted by Crippen LogP contribution is 2.66. The summed E-state index contributed by atoms with van der Waals surface area (Å²) in [7, 11) is 0. The van der Waals surface area contributed by atoms with Gasteiger partial charge in [0.05, 0.1) is 5.60 Å². The zero-order chi connectivity index (χ0) is 27.6. The smallest absolute Gasteiger partial charge is 0.225 e. The Morgan fingerprint density at radius 3 is 2.42 bits per heavy atom. The average molecular weight is 530 g/mol. The van der Waals surface area contributed by atoms with Crippen molar-refractivity contribution in [2.45, 2.75) is 149 Å². The number of amides is 1. The molecule has 1 N–H and O–H groups in total. The van der Waals surface area contributed by atoms with Crippen molar-refractivity contribution < 1.29 is 14.7 Å². The van der Waals surface area contributed by atoms with Crippen LogP contribution < -0.4 is 0 Å². The van der Waals surface area contributed by atoms with E-state index in [1.807, 2.05) is 0 Å². The van der Waals surface area contributed by atoms with Crippen LogP contribution in [0.25, 0.3) is 0 Å². The Balaban J connectivity index is 1.45. The second kappa shape index (κ2) is 12.3. The first kappa shape index (κ1) is 30.1. The standard InChI is InChI=1S/C34H59NO3/c1-6-9-11-12-22-35(31(37)25(8-3)13-10-7-2)24-34(38)21-20-32(4)26(23-34)14-15-27-28-16-17-30(36)33(28,5)19-18-29(27)32/h25-29,38H,6-24H2,1-5H3/t25?,26-,27-,28-,29-,32-,33-,34+/m0/s1. The van der Waals surface area contributed by atoms with E-state index in [4.69, 9.17) is 0 Å². The number of ketones is 1. The summed E-state index contributed by atoms with van der Waals surface area (Å²) in [5, 5.41) is 12.1. The number of nitrogens with zero attached hydrogens (tertiary/aromatic N) is 1. The molecule has 4 nitrogen and oxygen atoms in total. The molecule has 4 heteroatoms. The van der Waals surface area contributed by atoms with E-state index < -0.39 is 5.60 Å². The van der Waals surface area contributed by atoms with Gasteiger partial charge in [-0.3, -0.25) is 9.59 Å². The fraction of sp³-hybridized carbons (Fsp3) is 0.941. The molecule has 1 unspecified atom stereocenters. The Hall–Kier alpha value is -0.900. The average Bonchev–Trinajstić information content (AvgIpc) is 3.21. The molecule has 0 aromatic rings. The number of carbonyl (C=O) groups excluding carboxylic acids is 2. The first-order valence-corrected chi connectivity index (χ1v) is 16.7. The third-order valence-corrected chi connectivity index (χ3v) is 12.4. The third-order valence-electron chi connectivity index (χ3n) is 12.4. The number of unbranched alkanes of at least 4 members (excludes halogenated alkanes) is 4. The molecule has 4 fully saturated rings. The summed E-state index contributed by atoms with van der Waals surface area (Å²) in [6.07, 6.45) is 18.0. The lowest BCUT2D eigenvalue weighted by atomic mass is 9.44. The molecular formula is C34H59NO3. The summed E-state index contributed by atoms with van der Waals surface area (Å²) < 4.78 is 0. The molecule has 4 saturated carbocycles. The van der Waals surface area contributed by atoms with Gasteiger partial charge in [0.1, 0.15) is 5.78 Å². The van der Waals surface area contributed by atoms with Gasteiger partial charge in [-0.2, -0.15) is 0 Å². The molecule has 0 radical (unpaired) electrons. The minimum absolute atomic E-state index is 0.0635. The number of aliphatic hydroxyl groups is 1. The molecule has 0 aliphatic heterocycles. The molecule has 4 aliphatic carbocycles. The Labute approximate surface area is 234 Å². The van der Waals surface area contributed by atoms with Gasteiger partial charge in [-0.05, 0) is 99.7 Å². The maximum Gasteiger partial charge on any atom is 0.225 e. The van der Waals surface area contributed by atoms with Crippen LogP contribution in [0.1, 0.15) is 144 Å². The predicted molar refractivity (Wildman–Crippen MR) is 156 cm³/mol. The van der Waals surface area contributed by atoms with E-state index in [1.54, 1.807) is 0 Å². The van der Waals surface area contributed by atoms with Gasteiger partial charge in [0.25, 0.3) is 0 Å². The van der Waals surface area contributed by atoms with Crippen LogP contribution in [-0.4, -0.2) is 40.4 Å². The number of hydrogen-bond donors (Lipinski definition) is 1. The van der Waals surface area contributed by atoms with Crippen LogP contribution in [0.4, 0.5) is 0 Å². The minimum atomic E-state index is -0.757. The van der Waals surface area contributed by atoms with Gasteiger partial charge in [0.2, 0.25) is 5.91 Å². The molecule has 0 aromatic heterocycles. The molecule has 218 valence electrons. The van der Waals surface area contributed by atoms with Crippen LogP contribution in [0.2, 0.25) is 0 Å². The number of fused-ring (bicyclic) bond motifs is 5. The largest absolute Gasteiger partial charge is 0.388 e. The van der Waals surface area contributed by atoms with E-state index >= 15 is 0 Å². The quantitative estimate of drug-likeness (QED) is 0.261. The van der Waals surface area contributed by atoms with Crippen molar-refractivity contribution in [1.82, 2.24) is 4.90 Å². The van der Waals surface area contributed by atoms with Gasteiger partial charge in [0.15, 0.2) is 0 Å². The molecule has 8 atom stereocenters.